The van der Waals surface area contributed by atoms with Crippen LogP contribution in [0, 0.1) is 0 Å². The highest BCUT2D eigenvalue weighted by Gasteiger charge is 2.51. The maximum Gasteiger partial charge on any atom is 0.472 e. The lowest BCUT2D eigenvalue weighted by molar-refractivity contribution is -0.220. The quantitative estimate of drug-likeness (QED) is 0.0159. The van der Waals surface area contributed by atoms with Crippen LogP contribution in [-0.2, 0) is 32.7 Å². The molecule has 0 aliphatic heterocycles. The Labute approximate surface area is 331 Å². The second kappa shape index (κ2) is 32.5. The van der Waals surface area contributed by atoms with Gasteiger partial charge in [0.1, 0.15) is 43.2 Å². The lowest BCUT2D eigenvalue weighted by Gasteiger charge is -2.41. The first-order valence-corrected chi connectivity index (χ1v) is 23.0. The highest BCUT2D eigenvalue weighted by molar-refractivity contribution is 7.47. The molecule has 324 valence electrons. The minimum Gasteiger partial charge on any atom is -0.462 e. The maximum absolute atomic E-state index is 12.8. The second-order valence-corrected chi connectivity index (χ2v) is 16.6. The van der Waals surface area contributed by atoms with Crippen molar-refractivity contribution in [1.82, 2.24) is 0 Å². The molecule has 1 rings (SSSR count). The highest BCUT2D eigenvalue weighted by atomic mass is 31.2. The summed E-state index contributed by atoms with van der Waals surface area (Å²) in [6.45, 7) is 3.26. The third kappa shape index (κ3) is 25.5. The van der Waals surface area contributed by atoms with Crippen LogP contribution in [-0.4, -0.2) is 98.3 Å². The third-order valence-corrected chi connectivity index (χ3v) is 11.1. The summed E-state index contributed by atoms with van der Waals surface area (Å²) in [5, 5.41) is 50.0. The fraction of sp³-hybridized carbons (Fsp3) is 0.902. The van der Waals surface area contributed by atoms with Crippen LogP contribution in [0.25, 0.3) is 0 Å². The zero-order valence-corrected chi connectivity index (χ0v) is 34.9. The molecule has 55 heavy (non-hydrogen) atoms. The van der Waals surface area contributed by atoms with Crippen molar-refractivity contribution in [3.05, 3.63) is 12.2 Å². The number of phosphoric acid groups is 1. The van der Waals surface area contributed by atoms with E-state index < -0.39 is 75.7 Å². The minimum atomic E-state index is -5.11. The first-order valence-electron chi connectivity index (χ1n) is 21.5. The summed E-state index contributed by atoms with van der Waals surface area (Å²) < 4.78 is 33.4. The fourth-order valence-electron chi connectivity index (χ4n) is 6.58. The maximum atomic E-state index is 12.8. The van der Waals surface area contributed by atoms with Gasteiger partial charge in [-0.3, -0.25) is 18.6 Å². The monoisotopic (exact) mass is 809 g/mol. The number of unbranched alkanes of at least 4 members (excludes halogenated alkanes) is 21. The van der Waals surface area contributed by atoms with Gasteiger partial charge in [-0.15, -0.1) is 0 Å². The molecule has 0 saturated heterocycles. The minimum absolute atomic E-state index is 0.0905. The van der Waals surface area contributed by atoms with E-state index in [0.29, 0.717) is 12.8 Å². The van der Waals surface area contributed by atoms with Gasteiger partial charge < -0.3 is 39.9 Å². The molecule has 0 bridgehead atoms. The van der Waals surface area contributed by atoms with E-state index in [2.05, 4.69) is 26.0 Å². The topological polar surface area (TPSA) is 210 Å². The van der Waals surface area contributed by atoms with E-state index in [9.17, 15) is 44.6 Å². The Morgan fingerprint density at radius 2 is 0.927 bits per heavy atom. The number of allylic oxidation sites excluding steroid dienone is 2. The van der Waals surface area contributed by atoms with E-state index >= 15 is 0 Å². The molecule has 6 atom stereocenters. The average Bonchev–Trinajstić information content (AvgIpc) is 3.16. The summed E-state index contributed by atoms with van der Waals surface area (Å²) in [4.78, 5) is 35.5. The van der Waals surface area contributed by atoms with Crippen molar-refractivity contribution in [3.63, 3.8) is 0 Å². The fourth-order valence-corrected chi connectivity index (χ4v) is 7.55. The molecule has 1 aliphatic rings. The Hall–Kier alpha value is -1.41. The van der Waals surface area contributed by atoms with E-state index in [4.69, 9.17) is 18.5 Å². The van der Waals surface area contributed by atoms with Gasteiger partial charge in [0.2, 0.25) is 0 Å². The molecule has 1 fully saturated rings. The SMILES string of the molecule is CCCCCCCCC/C=C\CCCCCCCC(=O)OC(COC(=O)CCCCCCCCCCCC)COP(=O)(O)OC1C(O)C(O)C(O)C(O)C1O. The molecule has 1 saturated carbocycles. The number of hydrogen-bond acceptors (Lipinski definition) is 12. The molecule has 0 aromatic heterocycles. The number of carbonyl (C=O) groups is 2. The molecule has 0 spiro atoms. The van der Waals surface area contributed by atoms with Gasteiger partial charge in [-0.1, -0.05) is 142 Å². The number of hydrogen-bond donors (Lipinski definition) is 6. The van der Waals surface area contributed by atoms with Gasteiger partial charge >= 0.3 is 19.8 Å². The molecule has 0 radical (unpaired) electrons. The van der Waals surface area contributed by atoms with Crippen molar-refractivity contribution in [2.45, 2.75) is 224 Å². The van der Waals surface area contributed by atoms with Crippen LogP contribution in [0.1, 0.15) is 181 Å². The number of phosphoric ester groups is 1. The molecule has 0 aromatic carbocycles. The molecule has 6 N–H and O–H groups in total. The van der Waals surface area contributed by atoms with Crippen molar-refractivity contribution in [2.75, 3.05) is 13.2 Å². The zero-order valence-electron chi connectivity index (χ0n) is 34.0. The first-order chi connectivity index (χ1) is 26.4. The van der Waals surface area contributed by atoms with Gasteiger partial charge in [-0.05, 0) is 38.5 Å². The summed E-state index contributed by atoms with van der Waals surface area (Å²) in [6, 6.07) is 0. The number of carbonyl (C=O) groups excluding carboxylic acids is 2. The molecule has 13 nitrogen and oxygen atoms in total. The van der Waals surface area contributed by atoms with Crippen molar-refractivity contribution in [2.24, 2.45) is 0 Å². The van der Waals surface area contributed by atoms with Gasteiger partial charge in [-0.2, -0.15) is 0 Å². The van der Waals surface area contributed by atoms with Crippen LogP contribution in [0.15, 0.2) is 12.2 Å². The number of rotatable bonds is 35. The van der Waals surface area contributed by atoms with Gasteiger partial charge in [0.05, 0.1) is 6.61 Å². The predicted octanol–water partition coefficient (Wildman–Crippen LogP) is 7.50. The van der Waals surface area contributed by atoms with Gasteiger partial charge in [0.15, 0.2) is 6.10 Å². The van der Waals surface area contributed by atoms with Crippen LogP contribution >= 0.6 is 7.82 Å². The largest absolute Gasteiger partial charge is 0.472 e. The number of ether oxygens (including phenoxy) is 2. The number of aliphatic hydroxyl groups is 5. The summed E-state index contributed by atoms with van der Waals surface area (Å²) >= 11 is 0. The van der Waals surface area contributed by atoms with Crippen LogP contribution in [0.5, 0.6) is 0 Å². The summed E-state index contributed by atoms with van der Waals surface area (Å²) in [6.07, 6.45) is 18.5. The lowest BCUT2D eigenvalue weighted by Crippen LogP contribution is -2.64. The van der Waals surface area contributed by atoms with E-state index in [1.807, 2.05) is 0 Å². The predicted molar refractivity (Wildman–Crippen MR) is 212 cm³/mol. The van der Waals surface area contributed by atoms with Crippen LogP contribution < -0.4 is 0 Å². The molecule has 1 aliphatic carbocycles. The Morgan fingerprint density at radius 1 is 0.545 bits per heavy atom. The lowest BCUT2D eigenvalue weighted by atomic mass is 9.85. The average molecular weight is 809 g/mol. The van der Waals surface area contributed by atoms with Crippen LogP contribution in [0.2, 0.25) is 0 Å². The first kappa shape index (κ1) is 51.6. The van der Waals surface area contributed by atoms with Gasteiger partial charge in [-0.25, -0.2) is 4.57 Å². The van der Waals surface area contributed by atoms with E-state index in [1.54, 1.807) is 0 Å². The number of aliphatic hydroxyl groups excluding tert-OH is 5. The summed E-state index contributed by atoms with van der Waals surface area (Å²) in [5.74, 6) is -1.11. The van der Waals surface area contributed by atoms with E-state index in [0.717, 1.165) is 57.8 Å². The van der Waals surface area contributed by atoms with Crippen molar-refractivity contribution in [1.29, 1.82) is 0 Å². The molecule has 0 aromatic rings. The highest BCUT2D eigenvalue weighted by Crippen LogP contribution is 2.47. The third-order valence-electron chi connectivity index (χ3n) is 10.1. The molecule has 0 amide bonds. The van der Waals surface area contributed by atoms with Crippen molar-refractivity contribution in [3.8, 4) is 0 Å². The normalized spacial score (nSPS) is 23.1. The van der Waals surface area contributed by atoms with Crippen LogP contribution in [0.4, 0.5) is 0 Å². The Kier molecular flexibility index (Phi) is 30.5. The molecular weight excluding hydrogens is 731 g/mol. The standard InChI is InChI=1S/C41H77O13P/c1-3-5-7-9-11-13-15-16-17-18-19-20-22-24-26-28-30-35(43)53-33(31-51-34(42)29-27-25-23-21-14-12-10-8-6-4-2)32-52-55(49,50)54-41-39(47)37(45)36(44)38(46)40(41)48/h17-18,33,36-41,44-48H,3-16,19-32H2,1-2H3,(H,49,50)/b18-17-. The summed E-state index contributed by atoms with van der Waals surface area (Å²) in [5.41, 5.74) is 0. The van der Waals surface area contributed by atoms with Gasteiger partial charge in [0.25, 0.3) is 0 Å². The van der Waals surface area contributed by atoms with Crippen LogP contribution in [0.3, 0.4) is 0 Å². The summed E-state index contributed by atoms with van der Waals surface area (Å²) in [7, 11) is -5.11. The molecule has 14 heteroatoms. The smallest absolute Gasteiger partial charge is 0.462 e. The van der Waals surface area contributed by atoms with Gasteiger partial charge in [0, 0.05) is 12.8 Å². The van der Waals surface area contributed by atoms with E-state index in [-0.39, 0.29) is 12.8 Å². The second-order valence-electron chi connectivity index (χ2n) is 15.2. The van der Waals surface area contributed by atoms with E-state index in [1.165, 1.54) is 83.5 Å². The zero-order chi connectivity index (χ0) is 40.7. The number of esters is 2. The molecule has 0 heterocycles. The van der Waals surface area contributed by atoms with Crippen molar-refractivity contribution >= 4 is 19.8 Å². The molecular formula is C41H77O13P. The molecule has 6 unspecified atom stereocenters. The Bertz CT molecular complexity index is 1030. The van der Waals surface area contributed by atoms with Crippen molar-refractivity contribution < 1.29 is 63.1 Å². The Morgan fingerprint density at radius 3 is 1.38 bits per heavy atom. The Balaban J connectivity index is 2.49.